The smallest absolute Gasteiger partial charge is 0.313 e. The van der Waals surface area contributed by atoms with Gasteiger partial charge in [-0.25, -0.2) is 0 Å². The van der Waals surface area contributed by atoms with Crippen molar-refractivity contribution < 1.29 is 14.3 Å². The van der Waals surface area contributed by atoms with Gasteiger partial charge in [-0.1, -0.05) is 19.9 Å². The number of ether oxygens (including phenoxy) is 2. The van der Waals surface area contributed by atoms with Gasteiger partial charge in [-0.3, -0.25) is 4.79 Å². The summed E-state index contributed by atoms with van der Waals surface area (Å²) in [6.07, 6.45) is 0. The molecule has 0 bridgehead atoms. The Balaban J connectivity index is 2.90. The molecule has 1 aromatic carbocycles. The highest BCUT2D eigenvalue weighted by Crippen LogP contribution is 2.28. The van der Waals surface area contributed by atoms with E-state index >= 15 is 0 Å². The molecule has 86 valence electrons. The fourth-order valence-electron chi connectivity index (χ4n) is 1.10. The summed E-state index contributed by atoms with van der Waals surface area (Å²) in [6.45, 7) is 11.5. The summed E-state index contributed by atoms with van der Waals surface area (Å²) in [4.78, 5) is 11.4. The summed E-state index contributed by atoms with van der Waals surface area (Å²) in [5.41, 5.74) is 0.577. The van der Waals surface area contributed by atoms with Crippen molar-refractivity contribution in [2.75, 3.05) is 6.61 Å². The maximum Gasteiger partial charge on any atom is 0.313 e. The van der Waals surface area contributed by atoms with Crippen LogP contribution >= 0.6 is 0 Å². The van der Waals surface area contributed by atoms with Gasteiger partial charge in [-0.2, -0.15) is 0 Å². The number of hydrogen-bond donors (Lipinski definition) is 0. The highest BCUT2D eigenvalue weighted by molar-refractivity contribution is 5.75. The lowest BCUT2D eigenvalue weighted by molar-refractivity contribution is -0.137. The van der Waals surface area contributed by atoms with Crippen LogP contribution in [0.5, 0.6) is 11.5 Å². The zero-order chi connectivity index (χ0) is 12.1. The summed E-state index contributed by atoms with van der Waals surface area (Å²) in [5.74, 6) is 0.448. The van der Waals surface area contributed by atoms with E-state index in [0.29, 0.717) is 23.7 Å². The first-order valence-corrected chi connectivity index (χ1v) is 5.28. The summed E-state index contributed by atoms with van der Waals surface area (Å²) in [5, 5.41) is 0. The van der Waals surface area contributed by atoms with E-state index in [1.165, 1.54) is 0 Å². The molecule has 3 nitrogen and oxygen atoms in total. The Hall–Kier alpha value is -1.51. The molecule has 0 aliphatic carbocycles. The average molecular weight is 220 g/mol. The SMILES string of the molecule is [CH]c1ccc(OC(=O)C(C)C)c(OCC)c1. The molecule has 0 spiro atoms. The van der Waals surface area contributed by atoms with Crippen LogP contribution in [0, 0.1) is 12.8 Å². The molecule has 0 amide bonds. The predicted octanol–water partition coefficient (Wildman–Crippen LogP) is 2.71. The number of hydrogen-bond acceptors (Lipinski definition) is 3. The third kappa shape index (κ3) is 3.26. The lowest BCUT2D eigenvalue weighted by atomic mass is 10.2. The quantitative estimate of drug-likeness (QED) is 0.578. The van der Waals surface area contributed by atoms with E-state index in [1.54, 1.807) is 32.0 Å². The van der Waals surface area contributed by atoms with Crippen molar-refractivity contribution in [1.29, 1.82) is 0 Å². The van der Waals surface area contributed by atoms with E-state index < -0.39 is 0 Å². The van der Waals surface area contributed by atoms with Gasteiger partial charge in [0.15, 0.2) is 11.5 Å². The number of benzene rings is 1. The zero-order valence-electron chi connectivity index (χ0n) is 9.82. The predicted molar refractivity (Wildman–Crippen MR) is 61.5 cm³/mol. The van der Waals surface area contributed by atoms with Gasteiger partial charge in [0.2, 0.25) is 0 Å². The van der Waals surface area contributed by atoms with Crippen molar-refractivity contribution in [1.82, 2.24) is 0 Å². The number of rotatable bonds is 4. The summed E-state index contributed by atoms with van der Waals surface area (Å²) < 4.78 is 10.5. The second-order valence-electron chi connectivity index (χ2n) is 3.71. The molecule has 16 heavy (non-hydrogen) atoms. The monoisotopic (exact) mass is 220 g/mol. The Labute approximate surface area is 96.4 Å². The second kappa shape index (κ2) is 5.54. The van der Waals surface area contributed by atoms with Crippen molar-refractivity contribution in [3.63, 3.8) is 0 Å². The van der Waals surface area contributed by atoms with E-state index in [1.807, 2.05) is 6.92 Å². The average Bonchev–Trinajstić information content (AvgIpc) is 2.22. The molecule has 0 unspecified atom stereocenters. The van der Waals surface area contributed by atoms with Crippen molar-refractivity contribution in [3.05, 3.63) is 30.7 Å². The van der Waals surface area contributed by atoms with Crippen molar-refractivity contribution in [3.8, 4) is 11.5 Å². The molecule has 0 aromatic heterocycles. The maximum atomic E-state index is 11.4. The molecule has 2 radical (unpaired) electrons. The van der Waals surface area contributed by atoms with Crippen LogP contribution in [-0.2, 0) is 4.79 Å². The first kappa shape index (κ1) is 12.6. The fourth-order valence-corrected chi connectivity index (χ4v) is 1.10. The first-order chi connectivity index (χ1) is 7.54. The van der Waals surface area contributed by atoms with Crippen molar-refractivity contribution in [2.45, 2.75) is 20.8 Å². The van der Waals surface area contributed by atoms with E-state index in [2.05, 4.69) is 0 Å². The minimum Gasteiger partial charge on any atom is -0.490 e. The molecule has 0 fully saturated rings. The highest BCUT2D eigenvalue weighted by atomic mass is 16.6. The van der Waals surface area contributed by atoms with Gasteiger partial charge in [-0.05, 0) is 31.5 Å². The third-order valence-corrected chi connectivity index (χ3v) is 1.95. The molecule has 0 aliphatic heterocycles. The Bertz CT molecular complexity index is 369. The third-order valence-electron chi connectivity index (χ3n) is 1.95. The van der Waals surface area contributed by atoms with Crippen LogP contribution in [0.1, 0.15) is 26.3 Å². The molecule has 1 aromatic rings. The van der Waals surface area contributed by atoms with Crippen LogP contribution in [-0.4, -0.2) is 12.6 Å². The number of carbonyl (C=O) groups is 1. The van der Waals surface area contributed by atoms with Crippen LogP contribution in [0.25, 0.3) is 0 Å². The largest absolute Gasteiger partial charge is 0.490 e. The van der Waals surface area contributed by atoms with Crippen LogP contribution in [0.4, 0.5) is 0 Å². The Morgan fingerprint density at radius 1 is 1.38 bits per heavy atom. The number of esters is 1. The first-order valence-electron chi connectivity index (χ1n) is 5.28. The molecule has 0 atom stereocenters. The van der Waals surface area contributed by atoms with Crippen LogP contribution in [0.3, 0.4) is 0 Å². The molecular weight excluding hydrogens is 204 g/mol. The molecule has 3 heteroatoms. The summed E-state index contributed by atoms with van der Waals surface area (Å²) >= 11 is 0. The van der Waals surface area contributed by atoms with Crippen LogP contribution < -0.4 is 9.47 Å². The van der Waals surface area contributed by atoms with Gasteiger partial charge < -0.3 is 9.47 Å². The maximum absolute atomic E-state index is 11.4. The van der Waals surface area contributed by atoms with Gasteiger partial charge in [0.25, 0.3) is 0 Å². The summed E-state index contributed by atoms with van der Waals surface area (Å²) in [7, 11) is 0. The minimum atomic E-state index is -0.286. The Morgan fingerprint density at radius 2 is 2.06 bits per heavy atom. The topological polar surface area (TPSA) is 35.5 Å². The lowest BCUT2D eigenvalue weighted by Gasteiger charge is -2.12. The molecule has 0 aliphatic rings. The van der Waals surface area contributed by atoms with Gasteiger partial charge >= 0.3 is 5.97 Å². The molecule has 0 N–H and O–H groups in total. The highest BCUT2D eigenvalue weighted by Gasteiger charge is 2.13. The summed E-state index contributed by atoms with van der Waals surface area (Å²) in [6, 6.07) is 4.96. The standard InChI is InChI=1S/C13H16O3/c1-5-15-12-8-10(4)6-7-11(12)16-13(14)9(2)3/h4,6-9H,5H2,1-3H3. The number of carbonyl (C=O) groups excluding carboxylic acids is 1. The van der Waals surface area contributed by atoms with Gasteiger partial charge in [0, 0.05) is 0 Å². The normalized spacial score (nSPS) is 10.3. The van der Waals surface area contributed by atoms with Gasteiger partial charge in [-0.15, -0.1) is 0 Å². The Morgan fingerprint density at radius 3 is 2.62 bits per heavy atom. The van der Waals surface area contributed by atoms with E-state index in [0.717, 1.165) is 0 Å². The molecule has 0 heterocycles. The lowest BCUT2D eigenvalue weighted by Crippen LogP contribution is -2.15. The van der Waals surface area contributed by atoms with Gasteiger partial charge in [0.05, 0.1) is 12.5 Å². The van der Waals surface area contributed by atoms with E-state index in [9.17, 15) is 4.79 Å². The van der Waals surface area contributed by atoms with E-state index in [4.69, 9.17) is 16.4 Å². The van der Waals surface area contributed by atoms with Crippen molar-refractivity contribution >= 4 is 5.97 Å². The van der Waals surface area contributed by atoms with Crippen LogP contribution in [0.15, 0.2) is 18.2 Å². The van der Waals surface area contributed by atoms with Gasteiger partial charge in [0.1, 0.15) is 0 Å². The van der Waals surface area contributed by atoms with Crippen LogP contribution in [0.2, 0.25) is 0 Å². The Kier molecular flexibility index (Phi) is 4.35. The van der Waals surface area contributed by atoms with Crippen molar-refractivity contribution in [2.24, 2.45) is 5.92 Å². The van der Waals surface area contributed by atoms with E-state index in [-0.39, 0.29) is 11.9 Å². The minimum absolute atomic E-state index is 0.174. The zero-order valence-corrected chi connectivity index (χ0v) is 9.82. The second-order valence-corrected chi connectivity index (χ2v) is 3.71. The molecular formula is C13H16O3. The molecule has 0 saturated carbocycles. The molecule has 0 saturated heterocycles. The molecule has 1 rings (SSSR count). The fraction of sp³-hybridized carbons (Fsp3) is 0.385.